The first-order valence-corrected chi connectivity index (χ1v) is 9.25. The summed E-state index contributed by atoms with van der Waals surface area (Å²) in [5.41, 5.74) is 0. The van der Waals surface area contributed by atoms with E-state index < -0.39 is 0 Å². The molecule has 0 aromatic carbocycles. The van der Waals surface area contributed by atoms with Crippen LogP contribution >= 0.6 is 0 Å². The van der Waals surface area contributed by atoms with E-state index in [0.29, 0.717) is 18.0 Å². The second-order valence-electron chi connectivity index (χ2n) is 7.67. The predicted molar refractivity (Wildman–Crippen MR) is 86.0 cm³/mol. The Bertz CT molecular complexity index is 370. The molecule has 3 rings (SSSR count). The van der Waals surface area contributed by atoms with E-state index in [2.05, 4.69) is 24.5 Å². The molecule has 3 fully saturated rings. The lowest BCUT2D eigenvalue weighted by Crippen LogP contribution is -2.56. The van der Waals surface area contributed by atoms with Crippen LogP contribution in [0.15, 0.2) is 0 Å². The molecule has 0 spiro atoms. The van der Waals surface area contributed by atoms with E-state index in [1.165, 1.54) is 51.4 Å². The highest BCUT2D eigenvalue weighted by Crippen LogP contribution is 2.35. The van der Waals surface area contributed by atoms with Gasteiger partial charge in [0.1, 0.15) is 0 Å². The number of carbonyl (C=O) groups excluding carboxylic acids is 1. The number of hydrogen-bond donors (Lipinski definition) is 2. The quantitative estimate of drug-likeness (QED) is 0.838. The first kappa shape index (κ1) is 15.3. The summed E-state index contributed by atoms with van der Waals surface area (Å²) >= 11 is 0. The zero-order valence-electron chi connectivity index (χ0n) is 13.7. The molecular weight excluding hydrogens is 260 g/mol. The van der Waals surface area contributed by atoms with Crippen molar-refractivity contribution in [2.45, 2.75) is 89.8 Å². The minimum Gasteiger partial charge on any atom is -0.352 e. The molecule has 1 aliphatic heterocycles. The maximum Gasteiger partial charge on any atom is 0.237 e. The fraction of sp³-hybridized carbons (Fsp3) is 0.944. The van der Waals surface area contributed by atoms with Gasteiger partial charge in [-0.25, -0.2) is 0 Å². The third-order valence-electron chi connectivity index (χ3n) is 6.55. The van der Waals surface area contributed by atoms with Crippen LogP contribution < -0.4 is 10.6 Å². The van der Waals surface area contributed by atoms with E-state index in [0.717, 1.165) is 18.3 Å². The van der Waals surface area contributed by atoms with Crippen molar-refractivity contribution in [2.75, 3.05) is 0 Å². The molecule has 21 heavy (non-hydrogen) atoms. The molecule has 0 bridgehead atoms. The van der Waals surface area contributed by atoms with E-state index in [4.69, 9.17) is 0 Å². The van der Waals surface area contributed by atoms with Gasteiger partial charge in [0.25, 0.3) is 0 Å². The molecule has 0 aromatic heterocycles. The average Bonchev–Trinajstić information content (AvgIpc) is 2.87. The van der Waals surface area contributed by atoms with Crippen molar-refractivity contribution in [3.8, 4) is 0 Å². The number of piperidine rings is 1. The van der Waals surface area contributed by atoms with Gasteiger partial charge in [-0.05, 0) is 56.3 Å². The first-order valence-electron chi connectivity index (χ1n) is 9.25. The minimum absolute atomic E-state index is 0.0669. The van der Waals surface area contributed by atoms with E-state index in [9.17, 15) is 4.79 Å². The van der Waals surface area contributed by atoms with Crippen molar-refractivity contribution in [1.29, 1.82) is 0 Å². The van der Waals surface area contributed by atoms with E-state index >= 15 is 0 Å². The normalized spacial score (nSPS) is 43.3. The summed E-state index contributed by atoms with van der Waals surface area (Å²) in [5, 5.41) is 7.01. The zero-order valence-corrected chi connectivity index (χ0v) is 13.7. The molecule has 1 heterocycles. The third-order valence-corrected chi connectivity index (χ3v) is 6.55. The van der Waals surface area contributed by atoms with Gasteiger partial charge >= 0.3 is 0 Å². The van der Waals surface area contributed by atoms with E-state index in [1.807, 2.05) is 0 Å². The Morgan fingerprint density at radius 3 is 2.67 bits per heavy atom. The Morgan fingerprint density at radius 1 is 1.10 bits per heavy atom. The fourth-order valence-electron chi connectivity index (χ4n) is 5.01. The standard InChI is InChI=1S/C18H32N2O/c1-3-13-8-10-15(12(13)2)20-18(21)17-11-9-14-6-4-5-7-16(14)19-17/h12-17,19H,3-11H2,1-2H3,(H,20,21). The summed E-state index contributed by atoms with van der Waals surface area (Å²) in [6.45, 7) is 4.59. The molecule has 3 aliphatic rings. The third kappa shape index (κ3) is 3.28. The molecule has 2 aliphatic carbocycles. The number of hydrogen-bond acceptors (Lipinski definition) is 2. The molecule has 3 nitrogen and oxygen atoms in total. The smallest absolute Gasteiger partial charge is 0.237 e. The highest BCUT2D eigenvalue weighted by atomic mass is 16.2. The van der Waals surface area contributed by atoms with Crippen LogP contribution in [-0.4, -0.2) is 24.0 Å². The van der Waals surface area contributed by atoms with Gasteiger partial charge in [-0.15, -0.1) is 0 Å². The SMILES string of the molecule is CCC1CCC(NC(=O)C2CCC3CCCCC3N2)C1C. The molecule has 0 radical (unpaired) electrons. The summed E-state index contributed by atoms with van der Waals surface area (Å²) in [5.74, 6) is 2.55. The van der Waals surface area contributed by atoms with Crippen LogP contribution in [0, 0.1) is 17.8 Å². The van der Waals surface area contributed by atoms with Gasteiger partial charge in [-0.1, -0.05) is 33.1 Å². The summed E-state index contributed by atoms with van der Waals surface area (Å²) in [6, 6.07) is 1.08. The minimum atomic E-state index is 0.0669. The fourth-order valence-corrected chi connectivity index (χ4v) is 5.01. The van der Waals surface area contributed by atoms with Crippen molar-refractivity contribution in [3.63, 3.8) is 0 Å². The zero-order chi connectivity index (χ0) is 14.8. The monoisotopic (exact) mass is 292 g/mol. The van der Waals surface area contributed by atoms with Crippen LogP contribution in [0.4, 0.5) is 0 Å². The Labute approximate surface area is 129 Å². The Balaban J connectivity index is 1.52. The molecular formula is C18H32N2O. The molecule has 2 N–H and O–H groups in total. The summed E-state index contributed by atoms with van der Waals surface area (Å²) in [7, 11) is 0. The van der Waals surface area contributed by atoms with Crippen molar-refractivity contribution < 1.29 is 4.79 Å². The average molecular weight is 292 g/mol. The Hall–Kier alpha value is -0.570. The number of nitrogens with one attached hydrogen (secondary N) is 2. The van der Waals surface area contributed by atoms with E-state index in [-0.39, 0.29) is 11.9 Å². The van der Waals surface area contributed by atoms with Crippen LogP contribution in [0.3, 0.4) is 0 Å². The molecule has 6 atom stereocenters. The molecule has 0 aromatic rings. The Morgan fingerprint density at radius 2 is 1.90 bits per heavy atom. The number of amides is 1. The second-order valence-corrected chi connectivity index (χ2v) is 7.67. The number of rotatable bonds is 3. The van der Waals surface area contributed by atoms with Gasteiger partial charge in [0.15, 0.2) is 0 Å². The number of fused-ring (bicyclic) bond motifs is 1. The Kier molecular flexibility index (Phi) is 4.88. The maximum atomic E-state index is 12.6. The van der Waals surface area contributed by atoms with Crippen LogP contribution in [0.1, 0.15) is 71.6 Å². The molecule has 1 saturated heterocycles. The molecule has 120 valence electrons. The largest absolute Gasteiger partial charge is 0.352 e. The predicted octanol–water partition coefficient (Wildman–Crippen LogP) is 3.24. The molecule has 6 unspecified atom stereocenters. The van der Waals surface area contributed by atoms with Crippen LogP contribution in [-0.2, 0) is 4.79 Å². The van der Waals surface area contributed by atoms with Gasteiger partial charge in [-0.3, -0.25) is 4.79 Å². The number of carbonyl (C=O) groups is 1. The topological polar surface area (TPSA) is 41.1 Å². The lowest BCUT2D eigenvalue weighted by Gasteiger charge is -2.40. The summed E-state index contributed by atoms with van der Waals surface area (Å²) in [6.07, 6.45) is 11.3. The van der Waals surface area contributed by atoms with Crippen LogP contribution in [0.25, 0.3) is 0 Å². The first-order chi connectivity index (χ1) is 10.2. The second kappa shape index (κ2) is 6.68. The molecule has 2 saturated carbocycles. The maximum absolute atomic E-state index is 12.6. The van der Waals surface area contributed by atoms with Gasteiger partial charge < -0.3 is 10.6 Å². The van der Waals surface area contributed by atoms with Crippen LogP contribution in [0.2, 0.25) is 0 Å². The summed E-state index contributed by atoms with van der Waals surface area (Å²) in [4.78, 5) is 12.6. The van der Waals surface area contributed by atoms with Gasteiger partial charge in [0, 0.05) is 12.1 Å². The molecule has 3 heteroatoms. The highest BCUT2D eigenvalue weighted by molar-refractivity contribution is 5.82. The lowest BCUT2D eigenvalue weighted by molar-refractivity contribution is -0.125. The molecule has 1 amide bonds. The van der Waals surface area contributed by atoms with Gasteiger partial charge in [0.2, 0.25) is 5.91 Å². The van der Waals surface area contributed by atoms with Crippen molar-refractivity contribution >= 4 is 5.91 Å². The van der Waals surface area contributed by atoms with Crippen LogP contribution in [0.5, 0.6) is 0 Å². The van der Waals surface area contributed by atoms with Gasteiger partial charge in [-0.2, -0.15) is 0 Å². The van der Waals surface area contributed by atoms with Crippen molar-refractivity contribution in [3.05, 3.63) is 0 Å². The highest BCUT2D eigenvalue weighted by Gasteiger charge is 2.37. The van der Waals surface area contributed by atoms with Crippen molar-refractivity contribution in [2.24, 2.45) is 17.8 Å². The van der Waals surface area contributed by atoms with Crippen molar-refractivity contribution in [1.82, 2.24) is 10.6 Å². The van der Waals surface area contributed by atoms with E-state index in [1.54, 1.807) is 0 Å². The lowest BCUT2D eigenvalue weighted by atomic mass is 9.77. The summed E-state index contributed by atoms with van der Waals surface area (Å²) < 4.78 is 0. The van der Waals surface area contributed by atoms with Gasteiger partial charge in [0.05, 0.1) is 6.04 Å².